The van der Waals surface area contributed by atoms with Gasteiger partial charge in [-0.2, -0.15) is 0 Å². The van der Waals surface area contributed by atoms with E-state index < -0.39 is 12.1 Å². The lowest BCUT2D eigenvalue weighted by atomic mass is 10.0. The molecule has 0 spiro atoms. The summed E-state index contributed by atoms with van der Waals surface area (Å²) < 4.78 is 10.2. The number of esters is 1. The SMILES string of the molecule is CCCCCCCCCCCCOC(=O)C(CC(C)C)NC(=O)OCCCl. The molecule has 0 heterocycles. The zero-order chi connectivity index (χ0) is 20.3. The summed E-state index contributed by atoms with van der Waals surface area (Å²) in [5, 5.41) is 2.58. The van der Waals surface area contributed by atoms with Crippen LogP contribution in [0.1, 0.15) is 91.4 Å². The summed E-state index contributed by atoms with van der Waals surface area (Å²) in [5.41, 5.74) is 0. The topological polar surface area (TPSA) is 64.6 Å². The monoisotopic (exact) mass is 405 g/mol. The van der Waals surface area contributed by atoms with Crippen molar-refractivity contribution >= 4 is 23.7 Å². The minimum absolute atomic E-state index is 0.120. The van der Waals surface area contributed by atoms with Gasteiger partial charge in [0, 0.05) is 0 Å². The molecule has 0 aliphatic heterocycles. The maximum absolute atomic E-state index is 12.2. The molecule has 0 rings (SSSR count). The number of carbonyl (C=O) groups is 2. The van der Waals surface area contributed by atoms with E-state index in [1.165, 1.54) is 51.4 Å². The summed E-state index contributed by atoms with van der Waals surface area (Å²) in [7, 11) is 0. The molecule has 0 aliphatic carbocycles. The molecule has 0 fully saturated rings. The quantitative estimate of drug-likeness (QED) is 0.188. The van der Waals surface area contributed by atoms with Crippen molar-refractivity contribution in [1.82, 2.24) is 5.32 Å². The highest BCUT2D eigenvalue weighted by molar-refractivity contribution is 6.18. The Hall–Kier alpha value is -0.970. The Morgan fingerprint density at radius 1 is 0.852 bits per heavy atom. The van der Waals surface area contributed by atoms with Crippen LogP contribution in [0.25, 0.3) is 0 Å². The van der Waals surface area contributed by atoms with E-state index in [2.05, 4.69) is 12.2 Å². The van der Waals surface area contributed by atoms with E-state index in [-0.39, 0.29) is 24.4 Å². The van der Waals surface area contributed by atoms with Gasteiger partial charge in [0.05, 0.1) is 12.5 Å². The second-order valence-electron chi connectivity index (χ2n) is 7.50. The molecular weight excluding hydrogens is 366 g/mol. The normalized spacial score (nSPS) is 12.0. The molecule has 0 aromatic carbocycles. The van der Waals surface area contributed by atoms with Crippen LogP contribution in [0.5, 0.6) is 0 Å². The zero-order valence-corrected chi connectivity index (χ0v) is 18.3. The van der Waals surface area contributed by atoms with Gasteiger partial charge in [-0.15, -0.1) is 11.6 Å². The van der Waals surface area contributed by atoms with Crippen molar-refractivity contribution in [2.24, 2.45) is 5.92 Å². The van der Waals surface area contributed by atoms with Crippen LogP contribution in [0.2, 0.25) is 0 Å². The molecule has 160 valence electrons. The number of amides is 1. The van der Waals surface area contributed by atoms with Crippen LogP contribution in [-0.4, -0.2) is 37.2 Å². The number of unbranched alkanes of at least 4 members (excludes halogenated alkanes) is 9. The molecule has 0 saturated carbocycles. The van der Waals surface area contributed by atoms with Gasteiger partial charge in [0.15, 0.2) is 0 Å². The summed E-state index contributed by atoms with van der Waals surface area (Å²) in [6, 6.07) is -0.670. The van der Waals surface area contributed by atoms with Gasteiger partial charge >= 0.3 is 12.1 Å². The average molecular weight is 406 g/mol. The fourth-order valence-corrected chi connectivity index (χ4v) is 2.94. The van der Waals surface area contributed by atoms with E-state index >= 15 is 0 Å². The second kappa shape index (κ2) is 18.4. The molecule has 0 aromatic heterocycles. The number of rotatable bonds is 17. The summed E-state index contributed by atoms with van der Waals surface area (Å²) in [5.74, 6) is 0.0986. The van der Waals surface area contributed by atoms with Crippen LogP contribution < -0.4 is 5.32 Å². The van der Waals surface area contributed by atoms with Crippen molar-refractivity contribution in [3.05, 3.63) is 0 Å². The largest absolute Gasteiger partial charge is 0.464 e. The highest BCUT2D eigenvalue weighted by Gasteiger charge is 2.23. The zero-order valence-electron chi connectivity index (χ0n) is 17.6. The number of alkyl halides is 1. The van der Waals surface area contributed by atoms with Crippen molar-refractivity contribution in [2.45, 2.75) is 97.4 Å². The summed E-state index contributed by atoms with van der Waals surface area (Å²) >= 11 is 5.49. The summed E-state index contributed by atoms with van der Waals surface area (Å²) in [4.78, 5) is 23.9. The van der Waals surface area contributed by atoms with Gasteiger partial charge in [-0.3, -0.25) is 0 Å². The highest BCUT2D eigenvalue weighted by atomic mass is 35.5. The van der Waals surface area contributed by atoms with Gasteiger partial charge in [0.25, 0.3) is 0 Å². The Kier molecular flexibility index (Phi) is 17.7. The van der Waals surface area contributed by atoms with Gasteiger partial charge < -0.3 is 14.8 Å². The van der Waals surface area contributed by atoms with Gasteiger partial charge in [0.2, 0.25) is 0 Å². The molecule has 0 saturated heterocycles. The Labute approximate surface area is 170 Å². The molecule has 0 aromatic rings. The number of hydrogen-bond acceptors (Lipinski definition) is 4. The van der Waals surface area contributed by atoms with Crippen LogP contribution in [-0.2, 0) is 14.3 Å². The van der Waals surface area contributed by atoms with Gasteiger partial charge in [0.1, 0.15) is 12.6 Å². The van der Waals surface area contributed by atoms with Gasteiger partial charge in [-0.05, 0) is 18.8 Å². The van der Waals surface area contributed by atoms with E-state index in [1.54, 1.807) is 0 Å². The Balaban J connectivity index is 3.84. The van der Waals surface area contributed by atoms with E-state index in [1.807, 2.05) is 13.8 Å². The van der Waals surface area contributed by atoms with Gasteiger partial charge in [-0.25, -0.2) is 9.59 Å². The maximum Gasteiger partial charge on any atom is 0.407 e. The van der Waals surface area contributed by atoms with E-state index in [0.29, 0.717) is 13.0 Å². The first-order valence-corrected chi connectivity index (χ1v) is 11.2. The minimum atomic E-state index is -0.670. The number of halogens is 1. The predicted octanol–water partition coefficient (Wildman–Crippen LogP) is 5.83. The lowest BCUT2D eigenvalue weighted by molar-refractivity contribution is -0.146. The summed E-state index contributed by atoms with van der Waals surface area (Å²) in [6.07, 6.45) is 12.3. The number of alkyl carbamates (subject to hydrolysis) is 1. The standard InChI is InChI=1S/C21H40ClNO4/c1-4-5-6-7-8-9-10-11-12-13-15-26-20(24)19(17-18(2)3)23-21(25)27-16-14-22/h18-19H,4-17H2,1-3H3,(H,23,25). The van der Waals surface area contributed by atoms with Crippen LogP contribution >= 0.6 is 11.6 Å². The molecule has 1 amide bonds. The first kappa shape index (κ1) is 26.0. The van der Waals surface area contributed by atoms with Gasteiger partial charge in [-0.1, -0.05) is 78.6 Å². The number of nitrogens with one attached hydrogen (secondary N) is 1. The van der Waals surface area contributed by atoms with Crippen LogP contribution in [0, 0.1) is 5.92 Å². The summed E-state index contributed by atoms with van der Waals surface area (Å²) in [6.45, 7) is 6.75. The first-order chi connectivity index (χ1) is 13.0. The Morgan fingerprint density at radius 3 is 1.93 bits per heavy atom. The third-order valence-corrected chi connectivity index (χ3v) is 4.49. The number of hydrogen-bond donors (Lipinski definition) is 1. The molecule has 5 nitrogen and oxygen atoms in total. The van der Waals surface area contributed by atoms with Crippen molar-refractivity contribution in [3.8, 4) is 0 Å². The van der Waals surface area contributed by atoms with Crippen molar-refractivity contribution in [1.29, 1.82) is 0 Å². The Morgan fingerprint density at radius 2 is 1.41 bits per heavy atom. The smallest absolute Gasteiger partial charge is 0.407 e. The Bertz CT molecular complexity index is 377. The molecule has 0 radical (unpaired) electrons. The predicted molar refractivity (Wildman–Crippen MR) is 111 cm³/mol. The first-order valence-electron chi connectivity index (χ1n) is 10.7. The van der Waals surface area contributed by atoms with Crippen molar-refractivity contribution < 1.29 is 19.1 Å². The molecule has 27 heavy (non-hydrogen) atoms. The average Bonchev–Trinajstić information content (AvgIpc) is 2.63. The highest BCUT2D eigenvalue weighted by Crippen LogP contribution is 2.11. The van der Waals surface area contributed by atoms with Crippen molar-refractivity contribution in [3.63, 3.8) is 0 Å². The van der Waals surface area contributed by atoms with Crippen molar-refractivity contribution in [2.75, 3.05) is 19.1 Å². The lowest BCUT2D eigenvalue weighted by Gasteiger charge is -2.19. The molecule has 0 aliphatic rings. The second-order valence-corrected chi connectivity index (χ2v) is 7.88. The number of ether oxygens (including phenoxy) is 2. The molecule has 1 atom stereocenters. The van der Waals surface area contributed by atoms with E-state index in [9.17, 15) is 9.59 Å². The fourth-order valence-electron chi connectivity index (χ4n) is 2.86. The van der Waals surface area contributed by atoms with E-state index in [4.69, 9.17) is 21.1 Å². The molecular formula is C21H40ClNO4. The maximum atomic E-state index is 12.2. The lowest BCUT2D eigenvalue weighted by Crippen LogP contribution is -2.43. The minimum Gasteiger partial charge on any atom is -0.464 e. The third-order valence-electron chi connectivity index (χ3n) is 4.34. The molecule has 0 bridgehead atoms. The van der Waals surface area contributed by atoms with Crippen LogP contribution in [0.3, 0.4) is 0 Å². The van der Waals surface area contributed by atoms with Crippen LogP contribution in [0.15, 0.2) is 0 Å². The van der Waals surface area contributed by atoms with Crippen LogP contribution in [0.4, 0.5) is 4.79 Å². The fraction of sp³-hybridized carbons (Fsp3) is 0.905. The molecule has 1 unspecified atom stereocenters. The molecule has 6 heteroatoms. The third kappa shape index (κ3) is 16.9. The number of carbonyl (C=O) groups excluding carboxylic acids is 2. The molecule has 1 N–H and O–H groups in total. The van der Waals surface area contributed by atoms with E-state index in [0.717, 1.165) is 12.8 Å².